The summed E-state index contributed by atoms with van der Waals surface area (Å²) in [6, 6.07) is 8.07. The van der Waals surface area contributed by atoms with Crippen LogP contribution in [0, 0.1) is 5.92 Å². The topological polar surface area (TPSA) is 52.3 Å². The summed E-state index contributed by atoms with van der Waals surface area (Å²) in [6.45, 7) is 0. The van der Waals surface area contributed by atoms with Crippen molar-refractivity contribution in [1.82, 2.24) is 0 Å². The normalized spacial score (nSPS) is 24.6. The molecule has 15 heavy (non-hydrogen) atoms. The Balaban J connectivity index is 2.38. The highest BCUT2D eigenvalue weighted by molar-refractivity contribution is 5.78. The molecule has 0 fully saturated rings. The van der Waals surface area contributed by atoms with Gasteiger partial charge in [0.25, 0.3) is 0 Å². The van der Waals surface area contributed by atoms with Crippen molar-refractivity contribution in [3.8, 4) is 0 Å². The second kappa shape index (κ2) is 4.03. The molecule has 2 atom stereocenters. The summed E-state index contributed by atoms with van der Waals surface area (Å²) in [7, 11) is 1.63. The Kier molecular flexibility index (Phi) is 2.73. The number of aryl methyl sites for hydroxylation is 1. The van der Waals surface area contributed by atoms with E-state index in [1.165, 1.54) is 5.56 Å². The molecule has 3 nitrogen and oxygen atoms in total. The summed E-state index contributed by atoms with van der Waals surface area (Å²) in [5, 5.41) is 0. The number of benzene rings is 1. The minimum absolute atomic E-state index is 0.174. The van der Waals surface area contributed by atoms with Crippen LogP contribution in [-0.2, 0) is 16.0 Å². The van der Waals surface area contributed by atoms with Crippen molar-refractivity contribution >= 4 is 5.91 Å². The van der Waals surface area contributed by atoms with Crippen LogP contribution in [-0.4, -0.2) is 13.0 Å². The van der Waals surface area contributed by atoms with Crippen molar-refractivity contribution in [2.75, 3.05) is 7.11 Å². The zero-order valence-electron chi connectivity index (χ0n) is 8.77. The predicted octanol–water partition coefficient (Wildman–Crippen LogP) is 1.42. The van der Waals surface area contributed by atoms with Crippen LogP contribution in [0.5, 0.6) is 0 Å². The lowest BCUT2D eigenvalue weighted by Crippen LogP contribution is -2.33. The average Bonchev–Trinajstić information content (AvgIpc) is 2.27. The molecule has 0 saturated carbocycles. The fraction of sp³-hybridized carbons (Fsp3) is 0.417. The van der Waals surface area contributed by atoms with Crippen LogP contribution in [0.2, 0.25) is 0 Å². The number of primary amides is 1. The van der Waals surface area contributed by atoms with Crippen molar-refractivity contribution in [2.24, 2.45) is 11.7 Å². The van der Waals surface area contributed by atoms with Crippen molar-refractivity contribution in [3.05, 3.63) is 35.4 Å². The van der Waals surface area contributed by atoms with E-state index >= 15 is 0 Å². The average molecular weight is 205 g/mol. The lowest BCUT2D eigenvalue weighted by atomic mass is 9.81. The molecule has 1 aliphatic rings. The Bertz CT molecular complexity index is 376. The van der Waals surface area contributed by atoms with Crippen LogP contribution in [0.4, 0.5) is 0 Å². The van der Waals surface area contributed by atoms with Crippen molar-refractivity contribution < 1.29 is 9.53 Å². The maximum absolute atomic E-state index is 11.3. The molecule has 0 saturated heterocycles. The van der Waals surface area contributed by atoms with Crippen LogP contribution in [0.15, 0.2) is 24.3 Å². The molecule has 3 heteroatoms. The molecule has 2 unspecified atom stereocenters. The largest absolute Gasteiger partial charge is 0.376 e. The van der Waals surface area contributed by atoms with Gasteiger partial charge >= 0.3 is 0 Å². The Morgan fingerprint density at radius 1 is 1.47 bits per heavy atom. The number of rotatable bonds is 2. The monoisotopic (exact) mass is 205 g/mol. The summed E-state index contributed by atoms with van der Waals surface area (Å²) < 4.78 is 5.39. The maximum Gasteiger partial charge on any atom is 0.223 e. The molecule has 80 valence electrons. The first-order valence-corrected chi connectivity index (χ1v) is 5.14. The SMILES string of the molecule is COC1c2ccccc2CCC1C(N)=O. The van der Waals surface area contributed by atoms with E-state index in [2.05, 4.69) is 6.07 Å². The standard InChI is InChI=1S/C12H15NO2/c1-15-11-9-5-3-2-4-8(9)6-7-10(11)12(13)14/h2-5,10-11H,6-7H2,1H3,(H2,13,14). The fourth-order valence-corrected chi connectivity index (χ4v) is 2.30. The van der Waals surface area contributed by atoms with Gasteiger partial charge in [0, 0.05) is 7.11 Å². The molecular weight excluding hydrogens is 190 g/mol. The van der Waals surface area contributed by atoms with Gasteiger partial charge in [0.1, 0.15) is 0 Å². The molecule has 1 aromatic rings. The Hall–Kier alpha value is -1.35. The summed E-state index contributed by atoms with van der Waals surface area (Å²) >= 11 is 0. The molecule has 1 aliphatic carbocycles. The smallest absolute Gasteiger partial charge is 0.223 e. The fourth-order valence-electron chi connectivity index (χ4n) is 2.30. The van der Waals surface area contributed by atoms with Gasteiger partial charge in [-0.15, -0.1) is 0 Å². The molecule has 0 spiro atoms. The third-order valence-corrected chi connectivity index (χ3v) is 3.07. The molecular formula is C12H15NO2. The van der Waals surface area contributed by atoms with Crippen LogP contribution >= 0.6 is 0 Å². The van der Waals surface area contributed by atoms with Crippen LogP contribution in [0.25, 0.3) is 0 Å². The molecule has 1 aromatic carbocycles. The van der Waals surface area contributed by atoms with E-state index in [1.807, 2.05) is 18.2 Å². The van der Waals surface area contributed by atoms with Gasteiger partial charge in [-0.25, -0.2) is 0 Å². The highest BCUT2D eigenvalue weighted by Gasteiger charge is 2.32. The van der Waals surface area contributed by atoms with Gasteiger partial charge in [-0.3, -0.25) is 4.79 Å². The summed E-state index contributed by atoms with van der Waals surface area (Å²) in [5.74, 6) is -0.457. The Morgan fingerprint density at radius 3 is 2.87 bits per heavy atom. The van der Waals surface area contributed by atoms with Crippen molar-refractivity contribution in [1.29, 1.82) is 0 Å². The van der Waals surface area contributed by atoms with Gasteiger partial charge in [-0.1, -0.05) is 24.3 Å². The first-order valence-electron chi connectivity index (χ1n) is 5.14. The lowest BCUT2D eigenvalue weighted by Gasteiger charge is -2.30. The number of fused-ring (bicyclic) bond motifs is 1. The predicted molar refractivity (Wildman–Crippen MR) is 57.2 cm³/mol. The third-order valence-electron chi connectivity index (χ3n) is 3.07. The molecule has 0 heterocycles. The second-order valence-electron chi connectivity index (χ2n) is 3.90. The quantitative estimate of drug-likeness (QED) is 0.793. The summed E-state index contributed by atoms with van der Waals surface area (Å²) in [6.07, 6.45) is 1.52. The van der Waals surface area contributed by atoms with E-state index in [-0.39, 0.29) is 17.9 Å². The Labute approximate surface area is 89.2 Å². The number of nitrogens with two attached hydrogens (primary N) is 1. The number of methoxy groups -OCH3 is 1. The van der Waals surface area contributed by atoms with Gasteiger partial charge in [-0.05, 0) is 24.0 Å². The Morgan fingerprint density at radius 2 is 2.20 bits per heavy atom. The second-order valence-corrected chi connectivity index (χ2v) is 3.90. The van der Waals surface area contributed by atoms with Gasteiger partial charge in [0.15, 0.2) is 0 Å². The van der Waals surface area contributed by atoms with Crippen LogP contribution in [0.1, 0.15) is 23.7 Å². The number of hydrogen-bond donors (Lipinski definition) is 1. The minimum atomic E-state index is -0.267. The number of ether oxygens (including phenoxy) is 1. The molecule has 0 aromatic heterocycles. The van der Waals surface area contributed by atoms with Gasteiger partial charge < -0.3 is 10.5 Å². The van der Waals surface area contributed by atoms with E-state index in [9.17, 15) is 4.79 Å². The zero-order chi connectivity index (χ0) is 10.8. The minimum Gasteiger partial charge on any atom is -0.376 e. The lowest BCUT2D eigenvalue weighted by molar-refractivity contribution is -0.127. The summed E-state index contributed by atoms with van der Waals surface area (Å²) in [4.78, 5) is 11.3. The van der Waals surface area contributed by atoms with Gasteiger partial charge in [-0.2, -0.15) is 0 Å². The van der Waals surface area contributed by atoms with Gasteiger partial charge in [0.05, 0.1) is 12.0 Å². The van der Waals surface area contributed by atoms with Crippen molar-refractivity contribution in [3.63, 3.8) is 0 Å². The molecule has 2 rings (SSSR count). The van der Waals surface area contributed by atoms with E-state index in [0.29, 0.717) is 0 Å². The molecule has 0 aliphatic heterocycles. The first-order chi connectivity index (χ1) is 7.24. The maximum atomic E-state index is 11.3. The number of carbonyl (C=O) groups is 1. The number of amides is 1. The van der Waals surface area contributed by atoms with Crippen LogP contribution < -0.4 is 5.73 Å². The molecule has 0 bridgehead atoms. The van der Waals surface area contributed by atoms with E-state index in [1.54, 1.807) is 7.11 Å². The molecule has 0 radical (unpaired) electrons. The molecule has 1 amide bonds. The zero-order valence-corrected chi connectivity index (χ0v) is 8.77. The van der Waals surface area contributed by atoms with Crippen molar-refractivity contribution in [2.45, 2.75) is 18.9 Å². The van der Waals surface area contributed by atoms with E-state index in [0.717, 1.165) is 18.4 Å². The third kappa shape index (κ3) is 1.75. The summed E-state index contributed by atoms with van der Waals surface area (Å²) in [5.41, 5.74) is 7.74. The first kappa shape index (κ1) is 10.2. The number of carbonyl (C=O) groups excluding carboxylic acids is 1. The highest BCUT2D eigenvalue weighted by Crippen LogP contribution is 2.36. The molecule has 2 N–H and O–H groups in total. The van der Waals surface area contributed by atoms with Crippen LogP contribution in [0.3, 0.4) is 0 Å². The van der Waals surface area contributed by atoms with E-state index < -0.39 is 0 Å². The van der Waals surface area contributed by atoms with E-state index in [4.69, 9.17) is 10.5 Å². The van der Waals surface area contributed by atoms with Gasteiger partial charge in [0.2, 0.25) is 5.91 Å². The number of hydrogen-bond acceptors (Lipinski definition) is 2. The highest BCUT2D eigenvalue weighted by atomic mass is 16.5.